The average molecular weight is 382 g/mol. The van der Waals surface area contributed by atoms with Crippen molar-refractivity contribution >= 4 is 29.2 Å². The number of nitrogens with two attached hydrogens (primary N) is 1. The SMILES string of the molecule is COc1ccc(Cl)cc1/C(N)=N/OC(=O)C(C)n1nc([N+](=O)[O-])cc1C. The molecule has 1 unspecified atom stereocenters. The highest BCUT2D eigenvalue weighted by Gasteiger charge is 2.26. The maximum absolute atomic E-state index is 12.2. The smallest absolute Gasteiger partial charge is 0.390 e. The number of benzene rings is 1. The van der Waals surface area contributed by atoms with Crippen molar-refractivity contribution in [2.24, 2.45) is 10.9 Å². The molecule has 0 aliphatic rings. The zero-order valence-electron chi connectivity index (χ0n) is 14.2. The number of rotatable bonds is 6. The number of carbonyl (C=O) groups is 1. The Morgan fingerprint density at radius 2 is 2.15 bits per heavy atom. The maximum Gasteiger partial charge on any atom is 0.390 e. The lowest BCUT2D eigenvalue weighted by atomic mass is 10.2. The summed E-state index contributed by atoms with van der Waals surface area (Å²) in [6, 6.07) is 5.02. The lowest BCUT2D eigenvalue weighted by molar-refractivity contribution is -0.389. The zero-order chi connectivity index (χ0) is 19.4. The van der Waals surface area contributed by atoms with Crippen LogP contribution in [0.4, 0.5) is 5.82 Å². The molecule has 0 radical (unpaired) electrons. The molecule has 11 heteroatoms. The highest BCUT2D eigenvalue weighted by atomic mass is 35.5. The summed E-state index contributed by atoms with van der Waals surface area (Å²) < 4.78 is 6.32. The first-order valence-corrected chi connectivity index (χ1v) is 7.71. The van der Waals surface area contributed by atoms with Crippen LogP contribution < -0.4 is 10.5 Å². The second kappa shape index (κ2) is 7.83. The number of amidine groups is 1. The van der Waals surface area contributed by atoms with E-state index in [1.54, 1.807) is 19.1 Å². The standard InChI is InChI=1S/C15H16ClN5O5/c1-8-6-13(21(23)24)18-20(8)9(2)15(22)26-19-14(17)11-7-10(16)4-5-12(11)25-3/h4-7,9H,1-3H3,(H2,17,19). The van der Waals surface area contributed by atoms with Gasteiger partial charge in [0.25, 0.3) is 0 Å². The molecule has 2 N–H and O–H groups in total. The van der Waals surface area contributed by atoms with Crippen LogP contribution in [0.5, 0.6) is 5.75 Å². The van der Waals surface area contributed by atoms with Gasteiger partial charge in [0.15, 0.2) is 11.9 Å². The predicted octanol–water partition coefficient (Wildman–Crippen LogP) is 2.19. The molecule has 1 atom stereocenters. The van der Waals surface area contributed by atoms with E-state index in [-0.39, 0.29) is 11.7 Å². The van der Waals surface area contributed by atoms with E-state index in [0.717, 1.165) is 0 Å². The molecule has 26 heavy (non-hydrogen) atoms. The monoisotopic (exact) mass is 381 g/mol. The predicted molar refractivity (Wildman–Crippen MR) is 93.1 cm³/mol. The normalized spacial score (nSPS) is 12.5. The molecule has 1 aromatic heterocycles. The number of aryl methyl sites for hydroxylation is 1. The van der Waals surface area contributed by atoms with E-state index in [9.17, 15) is 14.9 Å². The van der Waals surface area contributed by atoms with E-state index in [2.05, 4.69) is 10.3 Å². The van der Waals surface area contributed by atoms with Gasteiger partial charge in [-0.2, -0.15) is 4.68 Å². The molecule has 0 amide bonds. The van der Waals surface area contributed by atoms with Gasteiger partial charge in [0, 0.05) is 5.02 Å². The first-order chi connectivity index (χ1) is 12.2. The Hall–Kier alpha value is -3.14. The fraction of sp³-hybridized carbons (Fsp3) is 0.267. The largest absolute Gasteiger partial charge is 0.496 e. The first kappa shape index (κ1) is 19.2. The molecule has 10 nitrogen and oxygen atoms in total. The topological polar surface area (TPSA) is 135 Å². The molecule has 0 saturated carbocycles. The number of nitro groups is 1. The Bertz CT molecular complexity index is 879. The Morgan fingerprint density at radius 3 is 2.73 bits per heavy atom. The fourth-order valence-electron chi connectivity index (χ4n) is 2.15. The lowest BCUT2D eigenvalue weighted by Crippen LogP contribution is -2.22. The molecular weight excluding hydrogens is 366 g/mol. The second-order valence-corrected chi connectivity index (χ2v) is 5.69. The lowest BCUT2D eigenvalue weighted by Gasteiger charge is -2.09. The van der Waals surface area contributed by atoms with Crippen LogP contribution in [0.3, 0.4) is 0 Å². The second-order valence-electron chi connectivity index (χ2n) is 5.25. The molecule has 2 aromatic rings. The number of aromatic nitrogens is 2. The summed E-state index contributed by atoms with van der Waals surface area (Å²) in [4.78, 5) is 27.1. The van der Waals surface area contributed by atoms with Crippen molar-refractivity contribution in [3.8, 4) is 5.75 Å². The third-order valence-electron chi connectivity index (χ3n) is 3.48. The van der Waals surface area contributed by atoms with Crippen molar-refractivity contribution in [3.05, 3.63) is 50.7 Å². The molecule has 0 aliphatic heterocycles. The van der Waals surface area contributed by atoms with Crippen molar-refractivity contribution < 1.29 is 19.3 Å². The summed E-state index contributed by atoms with van der Waals surface area (Å²) in [6.45, 7) is 3.05. The molecule has 0 fully saturated rings. The van der Waals surface area contributed by atoms with Gasteiger partial charge in [-0.15, -0.1) is 0 Å². The fourth-order valence-corrected chi connectivity index (χ4v) is 2.32. The quantitative estimate of drug-likeness (QED) is 0.266. The average Bonchev–Trinajstić information content (AvgIpc) is 3.00. The van der Waals surface area contributed by atoms with Crippen LogP contribution in [0.2, 0.25) is 5.02 Å². The minimum absolute atomic E-state index is 0.118. The molecule has 0 aliphatic carbocycles. The number of carbonyl (C=O) groups excluding carboxylic acids is 1. The van der Waals surface area contributed by atoms with Crippen molar-refractivity contribution in [1.82, 2.24) is 9.78 Å². The van der Waals surface area contributed by atoms with Gasteiger partial charge in [-0.3, -0.25) is 0 Å². The summed E-state index contributed by atoms with van der Waals surface area (Å²) in [5.41, 5.74) is 6.60. The summed E-state index contributed by atoms with van der Waals surface area (Å²) in [6.07, 6.45) is 0. The van der Waals surface area contributed by atoms with E-state index in [4.69, 9.17) is 26.9 Å². The molecule has 0 saturated heterocycles. The van der Waals surface area contributed by atoms with Crippen LogP contribution in [-0.4, -0.2) is 33.6 Å². The van der Waals surface area contributed by atoms with Crippen LogP contribution in [-0.2, 0) is 9.63 Å². The molecule has 2 rings (SSSR count). The highest BCUT2D eigenvalue weighted by molar-refractivity contribution is 6.31. The van der Waals surface area contributed by atoms with E-state index in [1.807, 2.05) is 0 Å². The van der Waals surface area contributed by atoms with Gasteiger partial charge in [-0.05, 0) is 37.0 Å². The molecule has 1 aromatic carbocycles. The van der Waals surface area contributed by atoms with Crippen molar-refractivity contribution in [2.45, 2.75) is 19.9 Å². The molecular formula is C15H16ClN5O5. The van der Waals surface area contributed by atoms with Gasteiger partial charge in [-0.1, -0.05) is 16.8 Å². The number of ether oxygens (including phenoxy) is 1. The summed E-state index contributed by atoms with van der Waals surface area (Å²) in [7, 11) is 1.45. The van der Waals surface area contributed by atoms with E-state index in [1.165, 1.54) is 30.8 Å². The summed E-state index contributed by atoms with van der Waals surface area (Å²) >= 11 is 5.92. The molecule has 0 spiro atoms. The molecule has 1 heterocycles. The van der Waals surface area contributed by atoms with Gasteiger partial charge in [-0.25, -0.2) is 4.79 Å². The van der Waals surface area contributed by atoms with Crippen molar-refractivity contribution in [1.29, 1.82) is 0 Å². The molecule has 0 bridgehead atoms. The zero-order valence-corrected chi connectivity index (χ0v) is 14.9. The number of hydrogen-bond donors (Lipinski definition) is 1. The van der Waals surface area contributed by atoms with Crippen molar-refractivity contribution in [3.63, 3.8) is 0 Å². The Morgan fingerprint density at radius 1 is 1.46 bits per heavy atom. The number of methoxy groups -OCH3 is 1. The minimum Gasteiger partial charge on any atom is -0.496 e. The van der Waals surface area contributed by atoms with Gasteiger partial charge in [0.1, 0.15) is 5.75 Å². The maximum atomic E-state index is 12.2. The van der Waals surface area contributed by atoms with Gasteiger partial charge in [0.2, 0.25) is 0 Å². The van der Waals surface area contributed by atoms with Gasteiger partial charge in [0.05, 0.1) is 29.5 Å². The number of hydrogen-bond acceptors (Lipinski definition) is 7. The summed E-state index contributed by atoms with van der Waals surface area (Å²) in [5, 5.41) is 18.5. The Balaban J connectivity index is 2.18. The van der Waals surface area contributed by atoms with Gasteiger partial charge >= 0.3 is 11.8 Å². The van der Waals surface area contributed by atoms with E-state index >= 15 is 0 Å². The van der Waals surface area contributed by atoms with E-state index < -0.39 is 16.9 Å². The summed E-state index contributed by atoms with van der Waals surface area (Å²) in [5.74, 6) is -0.879. The van der Waals surface area contributed by atoms with Crippen LogP contribution >= 0.6 is 11.6 Å². The number of halogens is 1. The van der Waals surface area contributed by atoms with E-state index in [0.29, 0.717) is 22.0 Å². The third-order valence-corrected chi connectivity index (χ3v) is 3.71. The van der Waals surface area contributed by atoms with Crippen LogP contribution in [0, 0.1) is 17.0 Å². The Labute approximate surface area is 153 Å². The number of oxime groups is 1. The first-order valence-electron chi connectivity index (χ1n) is 7.33. The van der Waals surface area contributed by atoms with Gasteiger partial charge < -0.3 is 25.4 Å². The van der Waals surface area contributed by atoms with Crippen LogP contribution in [0.15, 0.2) is 29.4 Å². The minimum atomic E-state index is -0.943. The number of nitrogens with zero attached hydrogens (tertiary/aromatic N) is 4. The van der Waals surface area contributed by atoms with Crippen molar-refractivity contribution in [2.75, 3.05) is 7.11 Å². The highest BCUT2D eigenvalue weighted by Crippen LogP contribution is 2.22. The van der Waals surface area contributed by atoms with Crippen LogP contribution in [0.1, 0.15) is 24.2 Å². The third kappa shape index (κ3) is 4.09. The van der Waals surface area contributed by atoms with Crippen LogP contribution in [0.25, 0.3) is 0 Å². The molecule has 138 valence electrons. The Kier molecular flexibility index (Phi) is 5.78.